The number of pyridine rings is 1. The SMILES string of the molecule is COc1cc(OCC2CC2(F)F)cnc1N1CCC(Oc2ccc([C@H](C)CC(C)=O)cc2)C1. The van der Waals surface area contributed by atoms with Gasteiger partial charge in [-0.1, -0.05) is 19.1 Å². The van der Waals surface area contributed by atoms with Gasteiger partial charge in [-0.25, -0.2) is 13.8 Å². The highest BCUT2D eigenvalue weighted by atomic mass is 19.3. The van der Waals surface area contributed by atoms with Crippen LogP contribution in [0, 0.1) is 5.92 Å². The van der Waals surface area contributed by atoms with Crippen molar-refractivity contribution >= 4 is 11.6 Å². The van der Waals surface area contributed by atoms with Crippen molar-refractivity contribution in [3.63, 3.8) is 0 Å². The molecular formula is C25H30F2N2O4. The number of rotatable bonds is 10. The van der Waals surface area contributed by atoms with Crippen LogP contribution < -0.4 is 19.1 Å². The molecule has 3 atom stereocenters. The second kappa shape index (κ2) is 9.53. The van der Waals surface area contributed by atoms with E-state index in [1.165, 1.54) is 0 Å². The first-order valence-electron chi connectivity index (χ1n) is 11.3. The minimum Gasteiger partial charge on any atom is -0.493 e. The average Bonchev–Trinajstić information content (AvgIpc) is 3.16. The van der Waals surface area contributed by atoms with Crippen molar-refractivity contribution in [3.05, 3.63) is 42.1 Å². The lowest BCUT2D eigenvalue weighted by Crippen LogP contribution is -2.25. The van der Waals surface area contributed by atoms with Crippen LogP contribution in [0.3, 0.4) is 0 Å². The monoisotopic (exact) mass is 460 g/mol. The maximum atomic E-state index is 13.1. The quantitative estimate of drug-likeness (QED) is 0.505. The van der Waals surface area contributed by atoms with Crippen molar-refractivity contribution in [2.24, 2.45) is 5.92 Å². The van der Waals surface area contributed by atoms with E-state index < -0.39 is 11.8 Å². The molecular weight excluding hydrogens is 430 g/mol. The third kappa shape index (κ3) is 5.72. The van der Waals surface area contributed by atoms with Crippen molar-refractivity contribution in [2.45, 2.75) is 51.1 Å². The molecule has 178 valence electrons. The molecule has 0 N–H and O–H groups in total. The van der Waals surface area contributed by atoms with Crippen LogP contribution in [0.15, 0.2) is 36.5 Å². The summed E-state index contributed by atoms with van der Waals surface area (Å²) >= 11 is 0. The zero-order valence-corrected chi connectivity index (χ0v) is 19.2. The molecule has 0 radical (unpaired) electrons. The first-order chi connectivity index (χ1) is 15.7. The van der Waals surface area contributed by atoms with Crippen molar-refractivity contribution in [3.8, 4) is 17.2 Å². The number of anilines is 1. The number of halogens is 2. The van der Waals surface area contributed by atoms with Crippen LogP contribution in [-0.4, -0.2) is 49.6 Å². The summed E-state index contributed by atoms with van der Waals surface area (Å²) in [7, 11) is 1.55. The van der Waals surface area contributed by atoms with Gasteiger partial charge in [0.25, 0.3) is 5.92 Å². The minimum absolute atomic E-state index is 0.00465. The number of carbonyl (C=O) groups is 1. The molecule has 0 bridgehead atoms. The number of alkyl halides is 2. The molecule has 1 aromatic heterocycles. The first kappa shape index (κ1) is 23.3. The third-order valence-corrected chi connectivity index (χ3v) is 6.22. The van der Waals surface area contributed by atoms with Gasteiger partial charge in [-0.15, -0.1) is 0 Å². The number of carbonyl (C=O) groups excluding carboxylic acids is 1. The van der Waals surface area contributed by atoms with Crippen LogP contribution >= 0.6 is 0 Å². The number of methoxy groups -OCH3 is 1. The van der Waals surface area contributed by atoms with Gasteiger partial charge in [0, 0.05) is 31.9 Å². The summed E-state index contributed by atoms with van der Waals surface area (Å²) in [5, 5.41) is 0. The number of hydrogen-bond acceptors (Lipinski definition) is 6. The van der Waals surface area contributed by atoms with Crippen molar-refractivity contribution in [1.82, 2.24) is 4.98 Å². The van der Waals surface area contributed by atoms with Crippen LogP contribution in [0.25, 0.3) is 0 Å². The summed E-state index contributed by atoms with van der Waals surface area (Å²) in [6, 6.07) is 9.61. The zero-order chi connectivity index (χ0) is 23.6. The van der Waals surface area contributed by atoms with E-state index in [1.54, 1.807) is 26.3 Å². The normalized spacial score (nSPS) is 22.0. The molecule has 1 aliphatic carbocycles. The molecule has 6 nitrogen and oxygen atoms in total. The Morgan fingerprint density at radius 3 is 2.64 bits per heavy atom. The molecule has 33 heavy (non-hydrogen) atoms. The molecule has 8 heteroatoms. The molecule has 2 fully saturated rings. The standard InChI is InChI=1S/C25H30F2N2O4/c1-16(10-17(2)30)18-4-6-20(7-5-18)33-21-8-9-29(14-21)24-23(31-3)11-22(13-28-24)32-15-19-12-25(19,26)27/h4-7,11,13,16,19,21H,8-10,12,14-15H2,1-3H3/t16-,19?,21?/m1/s1. The van der Waals surface area contributed by atoms with Crippen LogP contribution in [-0.2, 0) is 4.79 Å². The predicted octanol–water partition coefficient (Wildman–Crippen LogP) is 4.86. The average molecular weight is 461 g/mol. The molecule has 0 amide bonds. The van der Waals surface area contributed by atoms with Gasteiger partial charge >= 0.3 is 0 Å². The summed E-state index contributed by atoms with van der Waals surface area (Å²) in [6.45, 7) is 5.05. The van der Waals surface area contributed by atoms with Gasteiger partial charge in [-0.05, 0) is 30.5 Å². The Morgan fingerprint density at radius 1 is 1.27 bits per heavy atom. The Balaban J connectivity index is 1.33. The second-order valence-corrected chi connectivity index (χ2v) is 9.02. The van der Waals surface area contributed by atoms with E-state index in [4.69, 9.17) is 14.2 Å². The van der Waals surface area contributed by atoms with Crippen LogP contribution in [0.4, 0.5) is 14.6 Å². The first-order valence-corrected chi connectivity index (χ1v) is 11.3. The highest BCUT2D eigenvalue weighted by molar-refractivity contribution is 5.76. The van der Waals surface area contributed by atoms with E-state index in [0.29, 0.717) is 30.3 Å². The number of ketones is 1. The highest BCUT2D eigenvalue weighted by Crippen LogP contribution is 2.48. The van der Waals surface area contributed by atoms with E-state index in [2.05, 4.69) is 9.88 Å². The predicted molar refractivity (Wildman–Crippen MR) is 121 cm³/mol. The molecule has 2 heterocycles. The van der Waals surface area contributed by atoms with Gasteiger partial charge in [-0.3, -0.25) is 0 Å². The van der Waals surface area contributed by atoms with E-state index in [0.717, 1.165) is 24.3 Å². The minimum atomic E-state index is -2.60. The molecule has 4 rings (SSSR count). The Bertz CT molecular complexity index is 983. The highest BCUT2D eigenvalue weighted by Gasteiger charge is 2.57. The molecule has 2 aliphatic rings. The largest absolute Gasteiger partial charge is 0.493 e. The Labute approximate surface area is 192 Å². The summed E-state index contributed by atoms with van der Waals surface area (Å²) in [5.41, 5.74) is 1.12. The zero-order valence-electron chi connectivity index (χ0n) is 19.2. The molecule has 2 unspecified atom stereocenters. The molecule has 1 aromatic carbocycles. The maximum Gasteiger partial charge on any atom is 0.255 e. The fourth-order valence-electron chi connectivity index (χ4n) is 4.17. The molecule has 1 saturated heterocycles. The Morgan fingerprint density at radius 2 is 2.00 bits per heavy atom. The summed E-state index contributed by atoms with van der Waals surface area (Å²) in [6.07, 6.45) is 2.80. The fraction of sp³-hybridized carbons (Fsp3) is 0.520. The van der Waals surface area contributed by atoms with Gasteiger partial charge in [-0.2, -0.15) is 0 Å². The summed E-state index contributed by atoms with van der Waals surface area (Å²) < 4.78 is 43.2. The lowest BCUT2D eigenvalue weighted by atomic mass is 9.96. The van der Waals surface area contributed by atoms with E-state index in [1.807, 2.05) is 31.2 Å². The number of Topliss-reactive ketones (excluding diaryl/α,β-unsaturated/α-hetero) is 1. The second-order valence-electron chi connectivity index (χ2n) is 9.02. The number of ether oxygens (including phenoxy) is 3. The van der Waals surface area contributed by atoms with Crippen LogP contribution in [0.1, 0.15) is 44.6 Å². The molecule has 1 saturated carbocycles. The number of nitrogens with zero attached hydrogens (tertiary/aromatic N) is 2. The summed E-state index contributed by atoms with van der Waals surface area (Å²) in [5.74, 6) is -0.515. The summed E-state index contributed by atoms with van der Waals surface area (Å²) in [4.78, 5) is 17.9. The van der Waals surface area contributed by atoms with Crippen LogP contribution in [0.5, 0.6) is 17.2 Å². The van der Waals surface area contributed by atoms with Gasteiger partial charge in [0.05, 0.1) is 32.4 Å². The molecule has 1 aliphatic heterocycles. The van der Waals surface area contributed by atoms with Gasteiger partial charge in [0.1, 0.15) is 23.4 Å². The van der Waals surface area contributed by atoms with E-state index in [-0.39, 0.29) is 30.8 Å². The third-order valence-electron chi connectivity index (χ3n) is 6.22. The Kier molecular flexibility index (Phi) is 6.72. The van der Waals surface area contributed by atoms with Crippen molar-refractivity contribution in [1.29, 1.82) is 0 Å². The molecule has 2 aromatic rings. The van der Waals surface area contributed by atoms with E-state index in [9.17, 15) is 13.6 Å². The number of hydrogen-bond donors (Lipinski definition) is 0. The Hall–Kier alpha value is -2.90. The number of aromatic nitrogens is 1. The van der Waals surface area contributed by atoms with E-state index >= 15 is 0 Å². The lowest BCUT2D eigenvalue weighted by molar-refractivity contribution is -0.117. The molecule has 0 spiro atoms. The van der Waals surface area contributed by atoms with Gasteiger partial charge in [0.2, 0.25) is 0 Å². The topological polar surface area (TPSA) is 60.9 Å². The van der Waals surface area contributed by atoms with Gasteiger partial charge < -0.3 is 23.9 Å². The van der Waals surface area contributed by atoms with Crippen LogP contribution in [0.2, 0.25) is 0 Å². The lowest BCUT2D eigenvalue weighted by Gasteiger charge is -2.21. The van der Waals surface area contributed by atoms with Gasteiger partial charge in [0.15, 0.2) is 11.6 Å². The van der Waals surface area contributed by atoms with Crippen molar-refractivity contribution in [2.75, 3.05) is 31.7 Å². The smallest absolute Gasteiger partial charge is 0.255 e. The fourth-order valence-corrected chi connectivity index (χ4v) is 4.17. The number of benzene rings is 1. The van der Waals surface area contributed by atoms with Crippen molar-refractivity contribution < 1.29 is 27.8 Å². The maximum absolute atomic E-state index is 13.1.